The SMILES string of the molecule is CCN(C(=O)O)C1C[C@H](C)[N@+](C)(C(C)=O)c2ccc(-c3ccc(CNC4CCNCC4)cc3)cc21.Cl.Cl. The predicted octanol–water partition coefficient (Wildman–Crippen LogP) is 5.36. The van der Waals surface area contributed by atoms with Gasteiger partial charge in [-0.1, -0.05) is 24.3 Å². The monoisotopic (exact) mass is 551 g/mol. The first-order valence-electron chi connectivity index (χ1n) is 12.8. The largest absolute Gasteiger partial charge is 0.465 e. The van der Waals surface area contributed by atoms with Crippen LogP contribution in [0.2, 0.25) is 0 Å². The molecule has 3 N–H and O–H groups in total. The Morgan fingerprint density at radius 3 is 2.27 bits per heavy atom. The van der Waals surface area contributed by atoms with Crippen molar-refractivity contribution in [3.63, 3.8) is 0 Å². The fourth-order valence-electron chi connectivity index (χ4n) is 5.69. The van der Waals surface area contributed by atoms with Crippen molar-refractivity contribution < 1.29 is 14.7 Å². The molecule has 1 fully saturated rings. The number of hydrogen-bond acceptors (Lipinski definition) is 4. The van der Waals surface area contributed by atoms with Gasteiger partial charge in [0.25, 0.3) is 0 Å². The number of benzene rings is 2. The average Bonchev–Trinajstić information content (AvgIpc) is 2.86. The Labute approximate surface area is 233 Å². The van der Waals surface area contributed by atoms with Crippen LogP contribution in [0.4, 0.5) is 10.5 Å². The van der Waals surface area contributed by atoms with Crippen LogP contribution in [-0.2, 0) is 11.3 Å². The Bertz CT molecular complexity index is 1080. The van der Waals surface area contributed by atoms with Crippen LogP contribution >= 0.6 is 24.8 Å². The van der Waals surface area contributed by atoms with E-state index < -0.39 is 6.09 Å². The Kier molecular flexibility index (Phi) is 11.0. The molecule has 0 aromatic heterocycles. The molecule has 2 amide bonds. The van der Waals surface area contributed by atoms with E-state index in [4.69, 9.17) is 0 Å². The van der Waals surface area contributed by atoms with Crippen molar-refractivity contribution in [1.82, 2.24) is 20.0 Å². The minimum Gasteiger partial charge on any atom is -0.465 e. The molecule has 0 saturated carbocycles. The van der Waals surface area contributed by atoms with Crippen molar-refractivity contribution in [3.8, 4) is 11.1 Å². The molecule has 9 heteroatoms. The smallest absolute Gasteiger partial charge is 0.407 e. The number of hydrogen-bond donors (Lipinski definition) is 3. The van der Waals surface area contributed by atoms with E-state index in [-0.39, 0.29) is 47.3 Å². The van der Waals surface area contributed by atoms with E-state index in [0.29, 0.717) is 19.0 Å². The maximum atomic E-state index is 12.8. The number of carbonyl (C=O) groups is 2. The number of nitrogens with one attached hydrogen (secondary N) is 2. The van der Waals surface area contributed by atoms with Crippen molar-refractivity contribution in [2.45, 2.75) is 64.7 Å². The third-order valence-corrected chi connectivity index (χ3v) is 8.17. The maximum Gasteiger partial charge on any atom is 0.407 e. The summed E-state index contributed by atoms with van der Waals surface area (Å²) in [7, 11) is 1.95. The van der Waals surface area contributed by atoms with Gasteiger partial charge in [0.2, 0.25) is 0 Å². The highest BCUT2D eigenvalue weighted by atomic mass is 35.5. The van der Waals surface area contributed by atoms with Gasteiger partial charge in [-0.05, 0) is 68.6 Å². The average molecular weight is 553 g/mol. The number of nitrogens with zero attached hydrogens (tertiary/aromatic N) is 2. The van der Waals surface area contributed by atoms with Crippen molar-refractivity contribution >= 4 is 42.5 Å². The molecule has 2 aliphatic heterocycles. The van der Waals surface area contributed by atoms with Crippen LogP contribution in [0.25, 0.3) is 11.1 Å². The van der Waals surface area contributed by atoms with Gasteiger partial charge < -0.3 is 20.6 Å². The van der Waals surface area contributed by atoms with Crippen LogP contribution in [0.15, 0.2) is 42.5 Å². The van der Waals surface area contributed by atoms with Crippen LogP contribution < -0.4 is 15.1 Å². The molecule has 0 radical (unpaired) electrons. The molecule has 4 rings (SSSR count). The summed E-state index contributed by atoms with van der Waals surface area (Å²) in [6.45, 7) is 8.94. The summed E-state index contributed by atoms with van der Waals surface area (Å²) in [5.74, 6) is 0.0638. The first kappa shape index (κ1) is 31.1. The fourth-order valence-corrected chi connectivity index (χ4v) is 5.69. The zero-order valence-electron chi connectivity index (χ0n) is 22.2. The molecule has 0 spiro atoms. The molecule has 2 aliphatic rings. The van der Waals surface area contributed by atoms with Crippen LogP contribution in [0.1, 0.15) is 57.2 Å². The number of fused-ring (bicyclic) bond motifs is 1. The van der Waals surface area contributed by atoms with Gasteiger partial charge in [0.1, 0.15) is 5.69 Å². The first-order valence-corrected chi connectivity index (χ1v) is 12.8. The second kappa shape index (κ2) is 13.1. The lowest BCUT2D eigenvalue weighted by Crippen LogP contribution is -2.60. The Balaban J connectivity index is 0.00000241. The van der Waals surface area contributed by atoms with Gasteiger partial charge in [0.15, 0.2) is 0 Å². The fraction of sp³-hybridized carbons (Fsp3) is 0.500. The maximum absolute atomic E-state index is 12.8. The van der Waals surface area contributed by atoms with Crippen molar-refractivity contribution in [3.05, 3.63) is 53.6 Å². The number of piperidine rings is 1. The van der Waals surface area contributed by atoms with Crippen LogP contribution in [0, 0.1) is 0 Å². The van der Waals surface area contributed by atoms with Gasteiger partial charge in [0.05, 0.1) is 26.1 Å². The van der Waals surface area contributed by atoms with Crippen LogP contribution in [0.5, 0.6) is 0 Å². The standard InChI is InChI=1S/C28H38N4O3.2ClH/c1-5-31(28(34)35)26-16-19(2)32(4,20(3)33)27-11-10-23(17-25(26)27)22-8-6-21(7-9-22)18-30-24-12-14-29-15-13-24;;/h6-11,17,19,24,26,29-30H,5,12-16,18H2,1-4H3;2*1H/p+1/t19-,26?,32+;;/m0../s1. The second-order valence-corrected chi connectivity index (χ2v) is 10.1. The van der Waals surface area contributed by atoms with Gasteiger partial charge in [-0.15, -0.1) is 24.8 Å². The molecule has 0 aliphatic carbocycles. The predicted molar refractivity (Wildman–Crippen MR) is 155 cm³/mol. The van der Waals surface area contributed by atoms with Crippen molar-refractivity contribution in [2.75, 3.05) is 26.7 Å². The van der Waals surface area contributed by atoms with Gasteiger partial charge in [-0.25, -0.2) is 14.1 Å². The third kappa shape index (κ3) is 6.29. The zero-order valence-corrected chi connectivity index (χ0v) is 23.8. The first-order chi connectivity index (χ1) is 16.8. The summed E-state index contributed by atoms with van der Waals surface area (Å²) in [4.78, 5) is 26.3. The molecular weight excluding hydrogens is 511 g/mol. The summed E-state index contributed by atoms with van der Waals surface area (Å²) >= 11 is 0. The number of halogens is 2. The normalized spacial score (nSPS) is 23.2. The zero-order chi connectivity index (χ0) is 25.2. The molecule has 1 saturated heterocycles. The van der Waals surface area contributed by atoms with Crippen molar-refractivity contribution in [1.29, 1.82) is 0 Å². The number of carbonyl (C=O) groups excluding carboxylic acids is 1. The summed E-state index contributed by atoms with van der Waals surface area (Å²) in [6.07, 6.45) is 2.00. The molecule has 3 atom stereocenters. The van der Waals surface area contributed by atoms with E-state index in [1.165, 1.54) is 10.5 Å². The summed E-state index contributed by atoms with van der Waals surface area (Å²) < 4.78 is 0.185. The molecule has 0 bridgehead atoms. The van der Waals surface area contributed by atoms with Crippen LogP contribution in [0.3, 0.4) is 0 Å². The Hall–Kier alpha value is -2.16. The summed E-state index contributed by atoms with van der Waals surface area (Å²) in [6, 6.07) is 15.0. The van der Waals surface area contributed by atoms with E-state index in [2.05, 4.69) is 47.0 Å². The van der Waals surface area contributed by atoms with Gasteiger partial charge in [0, 0.05) is 37.2 Å². The van der Waals surface area contributed by atoms with Gasteiger partial charge >= 0.3 is 12.0 Å². The second-order valence-electron chi connectivity index (χ2n) is 10.1. The molecule has 1 unspecified atom stereocenters. The van der Waals surface area contributed by atoms with Gasteiger partial charge in [-0.3, -0.25) is 0 Å². The molecule has 7 nitrogen and oxygen atoms in total. The molecule has 37 heavy (non-hydrogen) atoms. The highest BCUT2D eigenvalue weighted by molar-refractivity contribution is 5.89. The quantitative estimate of drug-likeness (QED) is 0.421. The van der Waals surface area contributed by atoms with E-state index in [1.54, 1.807) is 6.92 Å². The minimum atomic E-state index is -0.925. The number of carboxylic acid groups (broad SMARTS) is 1. The Morgan fingerprint density at radius 2 is 1.70 bits per heavy atom. The Morgan fingerprint density at radius 1 is 1.08 bits per heavy atom. The molecule has 2 aromatic rings. The summed E-state index contributed by atoms with van der Waals surface area (Å²) in [5.41, 5.74) is 5.20. The highest BCUT2D eigenvalue weighted by Crippen LogP contribution is 2.45. The molecule has 2 aromatic carbocycles. The van der Waals surface area contributed by atoms with Crippen LogP contribution in [-0.4, -0.2) is 60.8 Å². The lowest BCUT2D eigenvalue weighted by atomic mass is 9.86. The lowest BCUT2D eigenvalue weighted by Gasteiger charge is -2.45. The third-order valence-electron chi connectivity index (χ3n) is 8.17. The topological polar surface area (TPSA) is 81.7 Å². The molecule has 2 heterocycles. The van der Waals surface area contributed by atoms with E-state index in [0.717, 1.165) is 54.9 Å². The lowest BCUT2D eigenvalue weighted by molar-refractivity contribution is -0.129. The van der Waals surface area contributed by atoms with Gasteiger partial charge in [-0.2, -0.15) is 0 Å². The van der Waals surface area contributed by atoms with E-state index >= 15 is 0 Å². The highest BCUT2D eigenvalue weighted by Gasteiger charge is 2.47. The molecular formula is C28H41Cl2N4O3+. The number of quaternary nitrogens is 1. The van der Waals surface area contributed by atoms with Crippen molar-refractivity contribution in [2.24, 2.45) is 0 Å². The minimum absolute atomic E-state index is 0. The number of rotatable bonds is 6. The van der Waals surface area contributed by atoms with E-state index in [9.17, 15) is 14.7 Å². The molecule has 204 valence electrons. The summed E-state index contributed by atoms with van der Waals surface area (Å²) in [5, 5.41) is 16.9. The number of amides is 2. The van der Waals surface area contributed by atoms with E-state index in [1.807, 2.05) is 27.0 Å².